The van der Waals surface area contributed by atoms with Gasteiger partial charge in [-0.25, -0.2) is 0 Å². The van der Waals surface area contributed by atoms with Crippen LogP contribution in [0.5, 0.6) is 0 Å². The van der Waals surface area contributed by atoms with E-state index in [1.165, 1.54) is 0 Å². The van der Waals surface area contributed by atoms with E-state index in [9.17, 15) is 23.3 Å². The van der Waals surface area contributed by atoms with Crippen LogP contribution in [0.4, 0.5) is 24.5 Å². The quantitative estimate of drug-likeness (QED) is 0.663. The van der Waals surface area contributed by atoms with Crippen molar-refractivity contribution in [3.8, 4) is 0 Å². The maximum absolute atomic E-state index is 12.6. The molecular weight excluding hydrogens is 287 g/mol. The summed E-state index contributed by atoms with van der Waals surface area (Å²) in [5.74, 6) is 0. The average Bonchev–Trinajstić information content (AvgIpc) is 2.40. The number of nitrogens with one attached hydrogen (secondary N) is 1. The van der Waals surface area contributed by atoms with Crippen molar-refractivity contribution >= 4 is 11.4 Å². The zero-order valence-corrected chi connectivity index (χ0v) is 11.2. The first-order valence-corrected chi connectivity index (χ1v) is 6.65. The van der Waals surface area contributed by atoms with Gasteiger partial charge in [0.15, 0.2) is 0 Å². The summed E-state index contributed by atoms with van der Waals surface area (Å²) in [6, 6.07) is 2.67. The maximum Gasteiger partial charge on any atom is 0.416 e. The van der Waals surface area contributed by atoms with Gasteiger partial charge in [0.25, 0.3) is 5.69 Å². The second-order valence-corrected chi connectivity index (χ2v) is 5.24. The summed E-state index contributed by atoms with van der Waals surface area (Å²) in [5, 5.41) is 13.9. The number of nitrogens with zero attached hydrogens (tertiary/aromatic N) is 1. The Labute approximate surface area is 119 Å². The van der Waals surface area contributed by atoms with Gasteiger partial charge in [0.1, 0.15) is 5.69 Å². The first-order valence-electron chi connectivity index (χ1n) is 6.65. The van der Waals surface area contributed by atoms with Crippen molar-refractivity contribution in [2.75, 3.05) is 5.32 Å². The van der Waals surface area contributed by atoms with Crippen LogP contribution in [0.2, 0.25) is 0 Å². The van der Waals surface area contributed by atoms with Gasteiger partial charge in [0.05, 0.1) is 10.5 Å². The molecule has 0 heterocycles. The van der Waals surface area contributed by atoms with Crippen molar-refractivity contribution in [2.45, 2.75) is 43.9 Å². The molecule has 1 saturated carbocycles. The van der Waals surface area contributed by atoms with E-state index in [1.54, 1.807) is 0 Å². The van der Waals surface area contributed by atoms with Crippen molar-refractivity contribution < 1.29 is 18.1 Å². The molecule has 0 bridgehead atoms. The van der Waals surface area contributed by atoms with Crippen LogP contribution in [-0.2, 0) is 6.18 Å². The molecule has 1 fully saturated rings. The number of hydrogen-bond acceptors (Lipinski definition) is 4. The van der Waals surface area contributed by atoms with Crippen LogP contribution in [0.3, 0.4) is 0 Å². The predicted octanol–water partition coefficient (Wildman–Crippen LogP) is 3.30. The molecule has 0 unspecified atom stereocenters. The lowest BCUT2D eigenvalue weighted by Gasteiger charge is -2.27. The minimum Gasteiger partial charge on any atom is -0.377 e. The van der Waals surface area contributed by atoms with Gasteiger partial charge in [0.2, 0.25) is 0 Å². The number of nitro groups is 1. The molecule has 0 amide bonds. The zero-order chi connectivity index (χ0) is 15.6. The number of alkyl halides is 3. The van der Waals surface area contributed by atoms with Gasteiger partial charge in [0, 0.05) is 18.2 Å². The number of rotatable bonds is 3. The third kappa shape index (κ3) is 3.84. The van der Waals surface area contributed by atoms with Crippen molar-refractivity contribution in [1.82, 2.24) is 0 Å². The summed E-state index contributed by atoms with van der Waals surface area (Å²) in [5.41, 5.74) is 4.32. The molecule has 0 spiro atoms. The summed E-state index contributed by atoms with van der Waals surface area (Å²) >= 11 is 0. The van der Waals surface area contributed by atoms with E-state index >= 15 is 0 Å². The molecule has 3 N–H and O–H groups in total. The summed E-state index contributed by atoms with van der Waals surface area (Å²) in [6.07, 6.45) is -1.50. The Kier molecular flexibility index (Phi) is 4.36. The number of hydrogen-bond donors (Lipinski definition) is 2. The van der Waals surface area contributed by atoms with E-state index < -0.39 is 22.4 Å². The summed E-state index contributed by atoms with van der Waals surface area (Å²) in [7, 11) is 0. The predicted molar refractivity (Wildman–Crippen MR) is 72.0 cm³/mol. The topological polar surface area (TPSA) is 81.2 Å². The molecule has 21 heavy (non-hydrogen) atoms. The lowest BCUT2D eigenvalue weighted by atomic mass is 9.91. The number of benzene rings is 1. The van der Waals surface area contributed by atoms with Crippen molar-refractivity contribution in [1.29, 1.82) is 0 Å². The Balaban J connectivity index is 2.21. The van der Waals surface area contributed by atoms with Gasteiger partial charge in [-0.05, 0) is 37.8 Å². The number of halogens is 3. The monoisotopic (exact) mass is 303 g/mol. The number of anilines is 1. The molecular formula is C13H16F3N3O2. The molecule has 0 aliphatic heterocycles. The molecule has 1 aliphatic rings. The Morgan fingerprint density at radius 3 is 2.38 bits per heavy atom. The SMILES string of the molecule is NC1CCC(Nc2ccc(C(F)(F)F)cc2[N+](=O)[O-])CC1. The molecule has 1 aliphatic carbocycles. The standard InChI is InChI=1S/C13H16F3N3O2/c14-13(15,16)8-1-6-11(12(7-8)19(20)21)18-10-4-2-9(17)3-5-10/h1,6-7,9-10,18H,2-5,17H2. The van der Waals surface area contributed by atoms with E-state index in [2.05, 4.69) is 5.32 Å². The van der Waals surface area contributed by atoms with Gasteiger partial charge < -0.3 is 11.1 Å². The number of nitrogens with two attached hydrogens (primary N) is 1. The minimum atomic E-state index is -4.60. The first-order chi connectivity index (χ1) is 9.77. The Bertz CT molecular complexity index is 526. The van der Waals surface area contributed by atoms with Crippen LogP contribution < -0.4 is 11.1 Å². The third-order valence-corrected chi connectivity index (χ3v) is 3.65. The lowest BCUT2D eigenvalue weighted by molar-refractivity contribution is -0.384. The fourth-order valence-electron chi connectivity index (χ4n) is 2.46. The van der Waals surface area contributed by atoms with Crippen LogP contribution in [0, 0.1) is 10.1 Å². The second-order valence-electron chi connectivity index (χ2n) is 5.24. The fraction of sp³-hybridized carbons (Fsp3) is 0.538. The molecule has 0 aromatic heterocycles. The van der Waals surface area contributed by atoms with Crippen LogP contribution in [0.1, 0.15) is 31.2 Å². The summed E-state index contributed by atoms with van der Waals surface area (Å²) < 4.78 is 37.8. The highest BCUT2D eigenvalue weighted by Gasteiger charge is 2.33. The smallest absolute Gasteiger partial charge is 0.377 e. The van der Waals surface area contributed by atoms with Gasteiger partial charge >= 0.3 is 6.18 Å². The number of nitro benzene ring substituents is 1. The van der Waals surface area contributed by atoms with Gasteiger partial charge in [-0.1, -0.05) is 0 Å². The minimum absolute atomic E-state index is 0.000219. The molecule has 8 heteroatoms. The van der Waals surface area contributed by atoms with Crippen LogP contribution in [-0.4, -0.2) is 17.0 Å². The van der Waals surface area contributed by atoms with Gasteiger partial charge in [-0.15, -0.1) is 0 Å². The Morgan fingerprint density at radius 2 is 1.86 bits per heavy atom. The van der Waals surface area contributed by atoms with E-state index in [4.69, 9.17) is 5.73 Å². The van der Waals surface area contributed by atoms with Crippen molar-refractivity contribution in [3.63, 3.8) is 0 Å². The van der Waals surface area contributed by atoms with E-state index in [0.717, 1.165) is 37.8 Å². The van der Waals surface area contributed by atoms with Crippen molar-refractivity contribution in [2.24, 2.45) is 5.73 Å². The second kappa shape index (κ2) is 5.88. The van der Waals surface area contributed by atoms with Gasteiger partial charge in [-0.3, -0.25) is 10.1 Å². The fourth-order valence-corrected chi connectivity index (χ4v) is 2.46. The lowest BCUT2D eigenvalue weighted by Crippen LogP contribution is -2.32. The van der Waals surface area contributed by atoms with Crippen molar-refractivity contribution in [3.05, 3.63) is 33.9 Å². The molecule has 5 nitrogen and oxygen atoms in total. The van der Waals surface area contributed by atoms with Crippen LogP contribution >= 0.6 is 0 Å². The molecule has 1 aromatic carbocycles. The average molecular weight is 303 g/mol. The van der Waals surface area contributed by atoms with Crippen LogP contribution in [0.25, 0.3) is 0 Å². The third-order valence-electron chi connectivity index (χ3n) is 3.65. The molecule has 0 radical (unpaired) electrons. The Hall–Kier alpha value is -1.83. The van der Waals surface area contributed by atoms with E-state index in [-0.39, 0.29) is 17.8 Å². The Morgan fingerprint density at radius 1 is 1.24 bits per heavy atom. The molecule has 116 valence electrons. The highest BCUT2D eigenvalue weighted by molar-refractivity contribution is 5.63. The maximum atomic E-state index is 12.6. The van der Waals surface area contributed by atoms with Gasteiger partial charge in [-0.2, -0.15) is 13.2 Å². The summed E-state index contributed by atoms with van der Waals surface area (Å²) in [4.78, 5) is 10.2. The van der Waals surface area contributed by atoms with E-state index in [1.807, 2.05) is 0 Å². The largest absolute Gasteiger partial charge is 0.416 e. The zero-order valence-electron chi connectivity index (χ0n) is 11.2. The van der Waals surface area contributed by atoms with Crippen LogP contribution in [0.15, 0.2) is 18.2 Å². The molecule has 0 saturated heterocycles. The highest BCUT2D eigenvalue weighted by Crippen LogP contribution is 2.35. The normalized spacial score (nSPS) is 22.9. The molecule has 2 rings (SSSR count). The van der Waals surface area contributed by atoms with E-state index in [0.29, 0.717) is 6.07 Å². The molecule has 1 aromatic rings. The molecule has 0 atom stereocenters. The highest BCUT2D eigenvalue weighted by atomic mass is 19.4. The first kappa shape index (κ1) is 15.6. The summed E-state index contributed by atoms with van der Waals surface area (Å²) in [6.45, 7) is 0.